The Bertz CT molecular complexity index is 764. The number of nitrogens with zero attached hydrogens (tertiary/aromatic N) is 4. The molecule has 0 saturated carbocycles. The Morgan fingerprint density at radius 3 is 2.71 bits per heavy atom. The van der Waals surface area contributed by atoms with Gasteiger partial charge in [0.2, 0.25) is 0 Å². The van der Waals surface area contributed by atoms with Crippen LogP contribution in [0.3, 0.4) is 0 Å². The summed E-state index contributed by atoms with van der Waals surface area (Å²) in [6.45, 7) is 2.31. The minimum absolute atomic E-state index is 0.158. The number of benzene rings is 1. The Hall–Kier alpha value is -2.56. The standard InChI is InChI=1S/C16H16N4O/c1-12(21)7-8-14-15-16(18-10-17-14)20(11-19-15)9-13-5-3-2-4-6-13/h2-6,10-11H,7-9H2,1H3. The molecule has 0 N–H and O–H groups in total. The largest absolute Gasteiger partial charge is 0.311 e. The van der Waals surface area contributed by atoms with Crippen molar-refractivity contribution in [1.82, 2.24) is 19.5 Å². The zero-order chi connectivity index (χ0) is 14.7. The van der Waals surface area contributed by atoms with Crippen molar-refractivity contribution in [2.75, 3.05) is 0 Å². The predicted molar refractivity (Wildman–Crippen MR) is 79.9 cm³/mol. The van der Waals surface area contributed by atoms with Gasteiger partial charge in [-0.25, -0.2) is 15.0 Å². The highest BCUT2D eigenvalue weighted by molar-refractivity contribution is 5.77. The van der Waals surface area contributed by atoms with Crippen molar-refractivity contribution in [3.8, 4) is 0 Å². The van der Waals surface area contributed by atoms with Crippen molar-refractivity contribution in [1.29, 1.82) is 0 Å². The van der Waals surface area contributed by atoms with E-state index in [0.717, 1.165) is 23.4 Å². The summed E-state index contributed by atoms with van der Waals surface area (Å²) in [6, 6.07) is 10.2. The van der Waals surface area contributed by atoms with E-state index < -0.39 is 0 Å². The molecule has 0 spiro atoms. The Morgan fingerprint density at radius 1 is 1.14 bits per heavy atom. The van der Waals surface area contributed by atoms with Crippen molar-refractivity contribution >= 4 is 16.9 Å². The molecule has 0 fully saturated rings. The molecule has 0 radical (unpaired) electrons. The zero-order valence-electron chi connectivity index (χ0n) is 11.9. The van der Waals surface area contributed by atoms with Crippen LogP contribution >= 0.6 is 0 Å². The molecule has 0 atom stereocenters. The predicted octanol–water partition coefficient (Wildman–Crippen LogP) is 2.40. The molecule has 0 bridgehead atoms. The first kappa shape index (κ1) is 13.4. The maximum atomic E-state index is 11.1. The molecule has 0 amide bonds. The van der Waals surface area contributed by atoms with Crippen molar-refractivity contribution in [3.63, 3.8) is 0 Å². The lowest BCUT2D eigenvalue weighted by atomic mass is 10.2. The molecule has 21 heavy (non-hydrogen) atoms. The Balaban J connectivity index is 1.91. The number of aromatic nitrogens is 4. The summed E-state index contributed by atoms with van der Waals surface area (Å²) in [5, 5.41) is 0. The van der Waals surface area contributed by atoms with Gasteiger partial charge in [0.15, 0.2) is 5.65 Å². The topological polar surface area (TPSA) is 60.7 Å². The number of carbonyl (C=O) groups is 1. The number of imidazole rings is 1. The third-order valence-electron chi connectivity index (χ3n) is 3.39. The number of Topliss-reactive ketones (excluding diaryl/α,β-unsaturated/α-hetero) is 1. The highest BCUT2D eigenvalue weighted by Crippen LogP contribution is 2.16. The fraction of sp³-hybridized carbons (Fsp3) is 0.250. The number of hydrogen-bond donors (Lipinski definition) is 0. The van der Waals surface area contributed by atoms with E-state index in [1.54, 1.807) is 19.6 Å². The van der Waals surface area contributed by atoms with Crippen molar-refractivity contribution in [2.24, 2.45) is 0 Å². The number of ketones is 1. The minimum atomic E-state index is 0.158. The lowest BCUT2D eigenvalue weighted by Crippen LogP contribution is -2.01. The molecule has 0 aliphatic carbocycles. The summed E-state index contributed by atoms with van der Waals surface area (Å²) in [6.07, 6.45) is 4.42. The summed E-state index contributed by atoms with van der Waals surface area (Å²) in [4.78, 5) is 24.1. The van der Waals surface area contributed by atoms with Crippen molar-refractivity contribution in [2.45, 2.75) is 26.3 Å². The lowest BCUT2D eigenvalue weighted by molar-refractivity contribution is -0.116. The Kier molecular flexibility index (Phi) is 3.73. The van der Waals surface area contributed by atoms with Crippen LogP contribution in [0.2, 0.25) is 0 Å². The van der Waals surface area contributed by atoms with Gasteiger partial charge in [-0.05, 0) is 18.9 Å². The highest BCUT2D eigenvalue weighted by atomic mass is 16.1. The van der Waals surface area contributed by atoms with Crippen LogP contribution in [-0.2, 0) is 17.8 Å². The summed E-state index contributed by atoms with van der Waals surface area (Å²) in [7, 11) is 0. The number of hydrogen-bond acceptors (Lipinski definition) is 4. The third-order valence-corrected chi connectivity index (χ3v) is 3.39. The molecule has 0 aliphatic heterocycles. The number of rotatable bonds is 5. The Labute approximate surface area is 122 Å². The van der Waals surface area contributed by atoms with Crippen LogP contribution in [0.5, 0.6) is 0 Å². The van der Waals surface area contributed by atoms with Gasteiger partial charge < -0.3 is 9.36 Å². The van der Waals surface area contributed by atoms with E-state index in [2.05, 4.69) is 27.1 Å². The van der Waals surface area contributed by atoms with E-state index in [4.69, 9.17) is 0 Å². The summed E-state index contributed by atoms with van der Waals surface area (Å²) < 4.78 is 2.00. The Morgan fingerprint density at radius 2 is 1.95 bits per heavy atom. The quantitative estimate of drug-likeness (QED) is 0.720. The van der Waals surface area contributed by atoms with Gasteiger partial charge in [0.25, 0.3) is 0 Å². The molecular formula is C16H16N4O. The highest BCUT2D eigenvalue weighted by Gasteiger charge is 2.10. The first-order valence-corrected chi connectivity index (χ1v) is 6.92. The molecule has 1 aromatic carbocycles. The molecule has 2 heterocycles. The zero-order valence-corrected chi connectivity index (χ0v) is 11.9. The van der Waals surface area contributed by atoms with Crippen LogP contribution < -0.4 is 0 Å². The smallest absolute Gasteiger partial charge is 0.163 e. The fourth-order valence-corrected chi connectivity index (χ4v) is 2.30. The molecule has 3 rings (SSSR count). The van der Waals surface area contributed by atoms with E-state index in [1.165, 1.54) is 5.56 Å². The molecule has 5 nitrogen and oxygen atoms in total. The second-order valence-electron chi connectivity index (χ2n) is 5.05. The molecule has 0 saturated heterocycles. The first-order chi connectivity index (χ1) is 10.2. The van der Waals surface area contributed by atoms with E-state index in [9.17, 15) is 4.79 Å². The molecule has 106 valence electrons. The third kappa shape index (κ3) is 2.97. The number of carbonyl (C=O) groups excluding carboxylic acids is 1. The molecule has 2 aromatic heterocycles. The van der Waals surface area contributed by atoms with Crippen LogP contribution in [0.15, 0.2) is 43.0 Å². The first-order valence-electron chi connectivity index (χ1n) is 6.92. The van der Waals surface area contributed by atoms with Gasteiger partial charge in [0.05, 0.1) is 18.6 Å². The molecule has 0 unspecified atom stereocenters. The van der Waals surface area contributed by atoms with Gasteiger partial charge in [-0.15, -0.1) is 0 Å². The normalized spacial score (nSPS) is 10.9. The molecular weight excluding hydrogens is 264 g/mol. The SMILES string of the molecule is CC(=O)CCc1ncnc2c1ncn2Cc1ccccc1. The fourth-order valence-electron chi connectivity index (χ4n) is 2.30. The number of fused-ring (bicyclic) bond motifs is 1. The van der Waals surface area contributed by atoms with Gasteiger partial charge in [-0.1, -0.05) is 30.3 Å². The van der Waals surface area contributed by atoms with Crippen LogP contribution in [0.1, 0.15) is 24.6 Å². The number of aryl methyl sites for hydroxylation is 1. The summed E-state index contributed by atoms with van der Waals surface area (Å²) >= 11 is 0. The minimum Gasteiger partial charge on any atom is -0.311 e. The van der Waals surface area contributed by atoms with Gasteiger partial charge in [-0.3, -0.25) is 0 Å². The second kappa shape index (κ2) is 5.83. The van der Waals surface area contributed by atoms with Crippen molar-refractivity contribution in [3.05, 3.63) is 54.2 Å². The van der Waals surface area contributed by atoms with E-state index in [0.29, 0.717) is 12.8 Å². The van der Waals surface area contributed by atoms with Crippen LogP contribution in [-0.4, -0.2) is 25.3 Å². The molecule has 0 aliphatic rings. The van der Waals surface area contributed by atoms with Crippen LogP contribution in [0, 0.1) is 0 Å². The maximum absolute atomic E-state index is 11.1. The van der Waals surface area contributed by atoms with Crippen molar-refractivity contribution < 1.29 is 4.79 Å². The molecule has 5 heteroatoms. The van der Waals surface area contributed by atoms with Gasteiger partial charge in [-0.2, -0.15) is 0 Å². The lowest BCUT2D eigenvalue weighted by Gasteiger charge is -2.04. The second-order valence-corrected chi connectivity index (χ2v) is 5.05. The van der Waals surface area contributed by atoms with Crippen LogP contribution in [0.4, 0.5) is 0 Å². The van der Waals surface area contributed by atoms with Gasteiger partial charge in [0.1, 0.15) is 17.6 Å². The average Bonchev–Trinajstić information content (AvgIpc) is 2.90. The van der Waals surface area contributed by atoms with Crippen LogP contribution in [0.25, 0.3) is 11.2 Å². The summed E-state index contributed by atoms with van der Waals surface area (Å²) in [5.41, 5.74) is 3.63. The maximum Gasteiger partial charge on any atom is 0.163 e. The van der Waals surface area contributed by atoms with E-state index in [-0.39, 0.29) is 5.78 Å². The molecule has 3 aromatic rings. The van der Waals surface area contributed by atoms with E-state index >= 15 is 0 Å². The monoisotopic (exact) mass is 280 g/mol. The average molecular weight is 280 g/mol. The van der Waals surface area contributed by atoms with E-state index in [1.807, 2.05) is 22.8 Å². The van der Waals surface area contributed by atoms with Gasteiger partial charge >= 0.3 is 0 Å². The van der Waals surface area contributed by atoms with Gasteiger partial charge in [0, 0.05) is 6.42 Å². The summed E-state index contributed by atoms with van der Waals surface area (Å²) in [5.74, 6) is 0.158.